The van der Waals surface area contributed by atoms with Crippen molar-refractivity contribution < 1.29 is 4.79 Å². The molecule has 0 spiro atoms. The van der Waals surface area contributed by atoms with Gasteiger partial charge in [0.1, 0.15) is 0 Å². The lowest BCUT2D eigenvalue weighted by Gasteiger charge is -2.31. The minimum Gasteiger partial charge on any atom is -0.323 e. The molecule has 0 bridgehead atoms. The van der Waals surface area contributed by atoms with Gasteiger partial charge in [0.2, 0.25) is 11.9 Å². The Hall–Kier alpha value is -2.71. The molecule has 29 heavy (non-hydrogen) atoms. The van der Waals surface area contributed by atoms with E-state index in [1.54, 1.807) is 18.0 Å². The van der Waals surface area contributed by atoms with E-state index in [2.05, 4.69) is 50.0 Å². The topological polar surface area (TPSA) is 91.8 Å². The SMILES string of the molecule is CCc1ccc2nc(NC3NC(=O)CC(CSc4ccccn4)N3)nc(C)c2c1. The quantitative estimate of drug-likeness (QED) is 0.540. The number of anilines is 1. The first-order valence-corrected chi connectivity index (χ1v) is 10.7. The van der Waals surface area contributed by atoms with Gasteiger partial charge in [-0.15, -0.1) is 11.8 Å². The third-order valence-corrected chi connectivity index (χ3v) is 5.95. The molecule has 3 heterocycles. The molecule has 3 N–H and O–H groups in total. The molecule has 3 aromatic rings. The Morgan fingerprint density at radius 1 is 1.24 bits per heavy atom. The van der Waals surface area contributed by atoms with Crippen LogP contribution >= 0.6 is 11.8 Å². The second-order valence-electron chi connectivity index (χ2n) is 7.03. The molecule has 0 saturated carbocycles. The van der Waals surface area contributed by atoms with Gasteiger partial charge in [0.25, 0.3) is 0 Å². The van der Waals surface area contributed by atoms with Crippen molar-refractivity contribution in [3.05, 3.63) is 53.9 Å². The van der Waals surface area contributed by atoms with E-state index >= 15 is 0 Å². The highest BCUT2D eigenvalue weighted by atomic mass is 32.2. The molecule has 8 heteroatoms. The summed E-state index contributed by atoms with van der Waals surface area (Å²) in [6.45, 7) is 4.11. The van der Waals surface area contributed by atoms with E-state index in [9.17, 15) is 4.79 Å². The standard InChI is InChI=1S/C21H24N6OS/c1-3-14-7-8-17-16(10-14)13(2)23-20(25-17)27-21-24-15(11-18(28)26-21)12-29-19-6-4-5-9-22-19/h4-10,15,21,24H,3,11-12H2,1-2H3,(H,26,28)(H,23,25,27). The average molecular weight is 409 g/mol. The number of hydrogen-bond acceptors (Lipinski definition) is 7. The number of fused-ring (bicyclic) bond motifs is 1. The molecule has 0 aliphatic carbocycles. The molecule has 7 nitrogen and oxygen atoms in total. The summed E-state index contributed by atoms with van der Waals surface area (Å²) in [5.41, 5.74) is 3.07. The molecular weight excluding hydrogens is 384 g/mol. The van der Waals surface area contributed by atoms with Crippen LogP contribution in [0, 0.1) is 6.92 Å². The van der Waals surface area contributed by atoms with E-state index in [1.165, 1.54) is 5.56 Å². The highest BCUT2D eigenvalue weighted by molar-refractivity contribution is 7.99. The Morgan fingerprint density at radius 2 is 2.14 bits per heavy atom. The highest BCUT2D eigenvalue weighted by Crippen LogP contribution is 2.21. The first-order chi connectivity index (χ1) is 14.1. The second kappa shape index (κ2) is 8.75. The van der Waals surface area contributed by atoms with Crippen LogP contribution in [0.15, 0.2) is 47.6 Å². The molecule has 4 rings (SSSR count). The number of aromatic nitrogens is 3. The molecule has 2 aromatic heterocycles. The third kappa shape index (κ3) is 4.83. The van der Waals surface area contributed by atoms with Gasteiger partial charge in [0.05, 0.1) is 16.2 Å². The van der Waals surface area contributed by atoms with Gasteiger partial charge < -0.3 is 10.6 Å². The maximum Gasteiger partial charge on any atom is 0.226 e. The lowest BCUT2D eigenvalue weighted by molar-refractivity contribution is -0.123. The van der Waals surface area contributed by atoms with E-state index in [1.807, 2.05) is 31.2 Å². The number of amides is 1. The first-order valence-electron chi connectivity index (χ1n) is 9.74. The fourth-order valence-corrected chi connectivity index (χ4v) is 4.22. The van der Waals surface area contributed by atoms with Gasteiger partial charge in [-0.05, 0) is 43.2 Å². The van der Waals surface area contributed by atoms with Crippen LogP contribution in [0.3, 0.4) is 0 Å². The van der Waals surface area contributed by atoms with Gasteiger partial charge in [-0.3, -0.25) is 10.1 Å². The van der Waals surface area contributed by atoms with Crippen molar-refractivity contribution in [2.75, 3.05) is 11.1 Å². The first kappa shape index (κ1) is 19.6. The Labute approximate surface area is 174 Å². The zero-order chi connectivity index (χ0) is 20.2. The summed E-state index contributed by atoms with van der Waals surface area (Å²) in [5, 5.41) is 11.5. The summed E-state index contributed by atoms with van der Waals surface area (Å²) >= 11 is 1.63. The van der Waals surface area contributed by atoms with Crippen LogP contribution in [0.5, 0.6) is 0 Å². The zero-order valence-electron chi connectivity index (χ0n) is 16.5. The van der Waals surface area contributed by atoms with Crippen molar-refractivity contribution in [1.29, 1.82) is 0 Å². The van der Waals surface area contributed by atoms with Crippen molar-refractivity contribution in [3.8, 4) is 0 Å². The van der Waals surface area contributed by atoms with Crippen molar-refractivity contribution in [1.82, 2.24) is 25.6 Å². The number of hydrogen-bond donors (Lipinski definition) is 3. The summed E-state index contributed by atoms with van der Waals surface area (Å²) in [7, 11) is 0. The summed E-state index contributed by atoms with van der Waals surface area (Å²) in [5.74, 6) is 1.24. The van der Waals surface area contributed by atoms with E-state index in [4.69, 9.17) is 0 Å². The van der Waals surface area contributed by atoms with Gasteiger partial charge in [0.15, 0.2) is 6.29 Å². The number of nitrogens with zero attached hydrogens (tertiary/aromatic N) is 3. The monoisotopic (exact) mass is 408 g/mol. The van der Waals surface area contributed by atoms with Crippen molar-refractivity contribution in [2.45, 2.75) is 44.0 Å². The zero-order valence-corrected chi connectivity index (χ0v) is 17.3. The fourth-order valence-electron chi connectivity index (χ4n) is 3.33. The molecule has 1 fully saturated rings. The molecule has 1 aromatic carbocycles. The summed E-state index contributed by atoms with van der Waals surface area (Å²) in [4.78, 5) is 25.7. The van der Waals surface area contributed by atoms with Gasteiger partial charge in [-0.25, -0.2) is 15.0 Å². The molecule has 2 unspecified atom stereocenters. The Kier molecular flexibility index (Phi) is 5.92. The average Bonchev–Trinajstić information content (AvgIpc) is 2.72. The third-order valence-electron chi connectivity index (χ3n) is 4.84. The Balaban J connectivity index is 1.44. The second-order valence-corrected chi connectivity index (χ2v) is 8.07. The minimum absolute atomic E-state index is 0.00188. The predicted octanol–water partition coefficient (Wildman–Crippen LogP) is 2.86. The highest BCUT2D eigenvalue weighted by Gasteiger charge is 2.26. The van der Waals surface area contributed by atoms with Crippen LogP contribution < -0.4 is 16.0 Å². The van der Waals surface area contributed by atoms with Crippen molar-refractivity contribution in [3.63, 3.8) is 0 Å². The van der Waals surface area contributed by atoms with Gasteiger partial charge in [-0.1, -0.05) is 19.1 Å². The number of rotatable bonds is 6. The minimum atomic E-state index is -0.419. The number of pyridine rings is 1. The molecule has 150 valence electrons. The smallest absolute Gasteiger partial charge is 0.226 e. The van der Waals surface area contributed by atoms with E-state index < -0.39 is 6.29 Å². The number of nitrogens with one attached hydrogen (secondary N) is 3. The predicted molar refractivity (Wildman–Crippen MR) is 116 cm³/mol. The van der Waals surface area contributed by atoms with E-state index in [0.717, 1.165) is 33.8 Å². The van der Waals surface area contributed by atoms with Crippen LogP contribution in [0.25, 0.3) is 10.9 Å². The fraction of sp³-hybridized carbons (Fsp3) is 0.333. The van der Waals surface area contributed by atoms with E-state index in [-0.39, 0.29) is 11.9 Å². The van der Waals surface area contributed by atoms with Crippen LogP contribution in [-0.4, -0.2) is 38.9 Å². The lowest BCUT2D eigenvalue weighted by atomic mass is 10.1. The number of thioether (sulfide) groups is 1. The van der Waals surface area contributed by atoms with Crippen LogP contribution in [0.1, 0.15) is 24.6 Å². The van der Waals surface area contributed by atoms with Crippen molar-refractivity contribution >= 4 is 34.5 Å². The number of carbonyl (C=O) groups excluding carboxylic acids is 1. The van der Waals surface area contributed by atoms with Crippen LogP contribution in [0.2, 0.25) is 0 Å². The maximum atomic E-state index is 12.2. The van der Waals surface area contributed by atoms with Crippen LogP contribution in [-0.2, 0) is 11.2 Å². The maximum absolute atomic E-state index is 12.2. The Bertz CT molecular complexity index is 1010. The van der Waals surface area contributed by atoms with Gasteiger partial charge in [-0.2, -0.15) is 0 Å². The van der Waals surface area contributed by atoms with Gasteiger partial charge >= 0.3 is 0 Å². The molecule has 1 saturated heterocycles. The largest absolute Gasteiger partial charge is 0.323 e. The van der Waals surface area contributed by atoms with Crippen LogP contribution in [0.4, 0.5) is 5.95 Å². The van der Waals surface area contributed by atoms with Gasteiger partial charge in [0, 0.05) is 29.8 Å². The Morgan fingerprint density at radius 3 is 2.93 bits per heavy atom. The molecule has 1 aliphatic heterocycles. The summed E-state index contributed by atoms with van der Waals surface area (Å²) < 4.78 is 0. The number of aryl methyl sites for hydroxylation is 2. The normalized spacial score (nSPS) is 19.2. The summed E-state index contributed by atoms with van der Waals surface area (Å²) in [6, 6.07) is 12.1. The number of benzene rings is 1. The summed E-state index contributed by atoms with van der Waals surface area (Å²) in [6.07, 6.45) is 2.76. The molecule has 0 radical (unpaired) electrons. The molecule has 1 amide bonds. The lowest BCUT2D eigenvalue weighted by Crippen LogP contribution is -2.60. The molecule has 2 atom stereocenters. The van der Waals surface area contributed by atoms with E-state index in [0.29, 0.717) is 12.4 Å². The molecule has 1 aliphatic rings. The van der Waals surface area contributed by atoms with Crippen molar-refractivity contribution in [2.24, 2.45) is 0 Å². The number of carbonyl (C=O) groups is 1. The molecular formula is C21H24N6OS.